The molecule has 10 heteroatoms. The number of hydrogen-bond donors (Lipinski definition) is 3. The molecule has 0 unspecified atom stereocenters. The highest BCUT2D eigenvalue weighted by molar-refractivity contribution is 6.31. The van der Waals surface area contributed by atoms with Crippen LogP contribution in [0.3, 0.4) is 0 Å². The fourth-order valence-corrected chi connectivity index (χ4v) is 6.07. The molecule has 1 fully saturated rings. The van der Waals surface area contributed by atoms with Crippen LogP contribution in [0.25, 0.3) is 33.5 Å². The molecule has 2 aromatic heterocycles. The first kappa shape index (κ1) is 28.9. The van der Waals surface area contributed by atoms with Crippen LogP contribution in [0.1, 0.15) is 63.3 Å². The molecular formula is C33H37ClN8O. The number of carbonyl (C=O) groups excluding carboxylic acids is 1. The van der Waals surface area contributed by atoms with Gasteiger partial charge in [-0.05, 0) is 76.7 Å². The first-order valence-electron chi connectivity index (χ1n) is 15.2. The number of unbranched alkanes of at least 4 members (excludes halogenated alkanes) is 1. The molecular weight excluding hydrogens is 560 g/mol. The Morgan fingerprint density at radius 1 is 1.02 bits per heavy atom. The van der Waals surface area contributed by atoms with Gasteiger partial charge in [0, 0.05) is 35.3 Å². The van der Waals surface area contributed by atoms with Crippen LogP contribution in [0.4, 0.5) is 5.69 Å². The molecule has 0 atom stereocenters. The van der Waals surface area contributed by atoms with Crippen molar-refractivity contribution in [2.75, 3.05) is 11.9 Å². The lowest BCUT2D eigenvalue weighted by Crippen LogP contribution is -2.39. The molecule has 0 saturated heterocycles. The summed E-state index contributed by atoms with van der Waals surface area (Å²) in [5, 5.41) is 21.5. The first-order valence-corrected chi connectivity index (χ1v) is 15.6. The standard InChI is InChI=1S/C33H37ClN8O/c1-2-3-9-31-37-29-17-15-26(35-20-32(43)36-25-7-5-4-6-8-25)19-30(29)42(31)21-22-10-12-23(13-11-22)27-16-14-24(34)18-28(27)33-38-40-41-39-33/h10-19,25,35H,2-9,20-21H2,1H3,(H,36,43)(H,38,39,40,41). The van der Waals surface area contributed by atoms with Crippen LogP contribution in [-0.4, -0.2) is 48.7 Å². The second-order valence-electron chi connectivity index (χ2n) is 11.3. The summed E-state index contributed by atoms with van der Waals surface area (Å²) in [7, 11) is 0. The molecule has 0 spiro atoms. The molecule has 1 saturated carbocycles. The van der Waals surface area contributed by atoms with E-state index in [4.69, 9.17) is 16.6 Å². The zero-order valence-corrected chi connectivity index (χ0v) is 25.2. The van der Waals surface area contributed by atoms with Gasteiger partial charge in [-0.15, -0.1) is 5.10 Å². The number of anilines is 1. The van der Waals surface area contributed by atoms with Crippen LogP contribution in [0.5, 0.6) is 0 Å². The van der Waals surface area contributed by atoms with E-state index in [2.05, 4.69) is 73.1 Å². The molecule has 1 aliphatic carbocycles. The van der Waals surface area contributed by atoms with Gasteiger partial charge in [-0.2, -0.15) is 0 Å². The molecule has 0 radical (unpaired) electrons. The molecule has 1 amide bonds. The van der Waals surface area contributed by atoms with Crippen molar-refractivity contribution in [3.63, 3.8) is 0 Å². The fourth-order valence-electron chi connectivity index (χ4n) is 5.90. The third-order valence-corrected chi connectivity index (χ3v) is 8.43. The Bertz CT molecular complexity index is 1670. The highest BCUT2D eigenvalue weighted by atomic mass is 35.5. The summed E-state index contributed by atoms with van der Waals surface area (Å²) in [6.07, 6.45) is 8.92. The number of H-pyrrole nitrogens is 1. The summed E-state index contributed by atoms with van der Waals surface area (Å²) in [5.41, 5.74) is 7.00. The van der Waals surface area contributed by atoms with Crippen LogP contribution in [0.2, 0.25) is 5.02 Å². The number of tetrazole rings is 1. The smallest absolute Gasteiger partial charge is 0.239 e. The Morgan fingerprint density at radius 3 is 2.63 bits per heavy atom. The third kappa shape index (κ3) is 6.88. The quantitative estimate of drug-likeness (QED) is 0.155. The van der Waals surface area contributed by atoms with E-state index in [1.807, 2.05) is 30.3 Å². The van der Waals surface area contributed by atoms with Crippen molar-refractivity contribution in [1.29, 1.82) is 0 Å². The zero-order valence-electron chi connectivity index (χ0n) is 24.4. The van der Waals surface area contributed by atoms with Crippen molar-refractivity contribution in [3.8, 4) is 22.5 Å². The summed E-state index contributed by atoms with van der Waals surface area (Å²) in [6, 6.07) is 20.8. The Hall–Kier alpha value is -4.24. The zero-order chi connectivity index (χ0) is 29.6. The molecule has 222 valence electrons. The van der Waals surface area contributed by atoms with Crippen molar-refractivity contribution < 1.29 is 4.79 Å². The molecule has 0 aliphatic heterocycles. The van der Waals surface area contributed by atoms with Gasteiger partial charge in [0.1, 0.15) is 5.82 Å². The van der Waals surface area contributed by atoms with E-state index in [0.717, 1.165) is 71.3 Å². The molecule has 43 heavy (non-hydrogen) atoms. The van der Waals surface area contributed by atoms with Gasteiger partial charge in [-0.25, -0.2) is 10.1 Å². The van der Waals surface area contributed by atoms with Gasteiger partial charge in [0.2, 0.25) is 5.91 Å². The maximum absolute atomic E-state index is 12.6. The minimum absolute atomic E-state index is 0.0487. The first-order chi connectivity index (χ1) is 21.1. The number of imidazole rings is 1. The molecule has 3 N–H and O–H groups in total. The topological polar surface area (TPSA) is 113 Å². The van der Waals surface area contributed by atoms with Gasteiger partial charge >= 0.3 is 0 Å². The number of aryl methyl sites for hydroxylation is 1. The Balaban J connectivity index is 1.22. The predicted octanol–water partition coefficient (Wildman–Crippen LogP) is 6.79. The minimum atomic E-state index is 0.0487. The lowest BCUT2D eigenvalue weighted by molar-refractivity contribution is -0.120. The monoisotopic (exact) mass is 596 g/mol. The van der Waals surface area contributed by atoms with E-state index in [1.165, 1.54) is 24.8 Å². The number of hydrogen-bond acceptors (Lipinski definition) is 6. The SMILES string of the molecule is CCCCc1nc2ccc(NCC(=O)NC3CCCCC3)cc2n1Cc1ccc(-c2ccc(Cl)cc2-c2nnn[nH]2)cc1. The molecule has 2 heterocycles. The number of halogens is 1. The Kier molecular flexibility index (Phi) is 8.98. The van der Waals surface area contributed by atoms with Crippen molar-refractivity contribution in [2.45, 2.75) is 70.9 Å². The fraction of sp³-hybridized carbons (Fsp3) is 0.364. The molecule has 0 bridgehead atoms. The highest BCUT2D eigenvalue weighted by Crippen LogP contribution is 2.33. The third-order valence-electron chi connectivity index (χ3n) is 8.19. The van der Waals surface area contributed by atoms with Crippen LogP contribution < -0.4 is 10.6 Å². The van der Waals surface area contributed by atoms with E-state index in [0.29, 0.717) is 23.4 Å². The molecule has 5 aromatic rings. The number of carbonyl (C=O) groups is 1. The summed E-state index contributed by atoms with van der Waals surface area (Å²) < 4.78 is 2.31. The number of aromatic nitrogens is 6. The van der Waals surface area contributed by atoms with Crippen molar-refractivity contribution in [2.24, 2.45) is 0 Å². The number of nitrogens with one attached hydrogen (secondary N) is 3. The maximum atomic E-state index is 12.6. The number of nitrogens with zero attached hydrogens (tertiary/aromatic N) is 5. The van der Waals surface area contributed by atoms with Crippen molar-refractivity contribution in [1.82, 2.24) is 35.5 Å². The van der Waals surface area contributed by atoms with Crippen LogP contribution >= 0.6 is 11.6 Å². The van der Waals surface area contributed by atoms with Gasteiger partial charge in [0.05, 0.1) is 17.6 Å². The van der Waals surface area contributed by atoms with Crippen molar-refractivity contribution >= 4 is 34.2 Å². The lowest BCUT2D eigenvalue weighted by Gasteiger charge is -2.22. The lowest BCUT2D eigenvalue weighted by atomic mass is 9.95. The number of amides is 1. The number of aromatic amines is 1. The Labute approximate surface area is 256 Å². The van der Waals surface area contributed by atoms with E-state index in [-0.39, 0.29) is 12.5 Å². The van der Waals surface area contributed by atoms with E-state index < -0.39 is 0 Å². The summed E-state index contributed by atoms with van der Waals surface area (Å²) in [6.45, 7) is 3.16. The average Bonchev–Trinajstić information content (AvgIpc) is 3.69. The second kappa shape index (κ2) is 13.4. The minimum Gasteiger partial charge on any atom is -0.376 e. The van der Waals surface area contributed by atoms with Gasteiger partial charge in [0.25, 0.3) is 0 Å². The van der Waals surface area contributed by atoms with Crippen molar-refractivity contribution in [3.05, 3.63) is 77.1 Å². The maximum Gasteiger partial charge on any atom is 0.239 e. The average molecular weight is 597 g/mol. The summed E-state index contributed by atoms with van der Waals surface area (Å²) >= 11 is 6.29. The predicted molar refractivity (Wildman–Crippen MR) is 171 cm³/mol. The van der Waals surface area contributed by atoms with E-state index >= 15 is 0 Å². The van der Waals surface area contributed by atoms with Crippen LogP contribution in [0.15, 0.2) is 60.7 Å². The Morgan fingerprint density at radius 2 is 1.86 bits per heavy atom. The molecule has 6 rings (SSSR count). The summed E-state index contributed by atoms with van der Waals surface area (Å²) in [4.78, 5) is 17.6. The molecule has 9 nitrogen and oxygen atoms in total. The van der Waals surface area contributed by atoms with Gasteiger partial charge in [0.15, 0.2) is 5.82 Å². The number of benzene rings is 3. The number of rotatable bonds is 11. The van der Waals surface area contributed by atoms with Gasteiger partial charge in [-0.1, -0.05) is 74.5 Å². The highest BCUT2D eigenvalue weighted by Gasteiger charge is 2.17. The molecule has 1 aliphatic rings. The number of fused-ring (bicyclic) bond motifs is 1. The second-order valence-corrected chi connectivity index (χ2v) is 11.8. The summed E-state index contributed by atoms with van der Waals surface area (Å²) in [5.74, 6) is 1.70. The normalized spacial score (nSPS) is 13.8. The molecule has 3 aromatic carbocycles. The van der Waals surface area contributed by atoms with Crippen LogP contribution in [-0.2, 0) is 17.8 Å². The van der Waals surface area contributed by atoms with Gasteiger partial charge in [-0.3, -0.25) is 4.79 Å². The van der Waals surface area contributed by atoms with E-state index in [1.54, 1.807) is 0 Å². The van der Waals surface area contributed by atoms with E-state index in [9.17, 15) is 4.79 Å². The van der Waals surface area contributed by atoms with Gasteiger partial charge < -0.3 is 15.2 Å². The van der Waals surface area contributed by atoms with Crippen LogP contribution in [0, 0.1) is 0 Å². The largest absolute Gasteiger partial charge is 0.376 e.